The van der Waals surface area contributed by atoms with E-state index in [-0.39, 0.29) is 5.75 Å². The van der Waals surface area contributed by atoms with E-state index in [4.69, 9.17) is 9.15 Å². The molecule has 0 saturated carbocycles. The van der Waals surface area contributed by atoms with Crippen molar-refractivity contribution in [1.29, 1.82) is 0 Å². The lowest BCUT2D eigenvalue weighted by Gasteiger charge is -2.14. The van der Waals surface area contributed by atoms with Gasteiger partial charge in [0.1, 0.15) is 29.4 Å². The normalized spacial score (nSPS) is 11.2. The summed E-state index contributed by atoms with van der Waals surface area (Å²) in [5, 5.41) is 11.0. The second-order valence-corrected chi connectivity index (χ2v) is 7.00. The number of benzene rings is 2. The molecule has 0 aliphatic rings. The van der Waals surface area contributed by atoms with Gasteiger partial charge in [-0.05, 0) is 67.6 Å². The van der Waals surface area contributed by atoms with Gasteiger partial charge in [0.2, 0.25) is 0 Å². The van der Waals surface area contributed by atoms with Crippen LogP contribution in [0.2, 0.25) is 0 Å². The van der Waals surface area contributed by atoms with Gasteiger partial charge in [-0.2, -0.15) is 0 Å². The molecule has 1 aromatic heterocycles. The predicted molar refractivity (Wildman–Crippen MR) is 106 cm³/mol. The predicted octanol–water partition coefficient (Wildman–Crippen LogP) is 6.24. The minimum atomic E-state index is 0.242. The summed E-state index contributed by atoms with van der Waals surface area (Å²) >= 11 is 0. The molecule has 0 fully saturated rings. The van der Waals surface area contributed by atoms with Crippen LogP contribution < -0.4 is 4.74 Å². The van der Waals surface area contributed by atoms with E-state index < -0.39 is 0 Å². The topological polar surface area (TPSA) is 42.6 Å². The molecular weight excluding hydrogens is 324 g/mol. The van der Waals surface area contributed by atoms with Crippen molar-refractivity contribution in [2.24, 2.45) is 0 Å². The number of hydrogen-bond donors (Lipinski definition) is 1. The molecule has 26 heavy (non-hydrogen) atoms. The quantitative estimate of drug-likeness (QED) is 0.547. The highest BCUT2D eigenvalue weighted by molar-refractivity contribution is 5.82. The van der Waals surface area contributed by atoms with Crippen molar-refractivity contribution >= 4 is 11.0 Å². The lowest BCUT2D eigenvalue weighted by molar-refractivity contribution is 0.302. The van der Waals surface area contributed by atoms with Crippen molar-refractivity contribution in [3.8, 4) is 11.5 Å². The van der Waals surface area contributed by atoms with Gasteiger partial charge in [-0.3, -0.25) is 0 Å². The summed E-state index contributed by atoms with van der Waals surface area (Å²) in [5.41, 5.74) is 5.54. The van der Waals surface area contributed by atoms with Crippen molar-refractivity contribution in [2.75, 3.05) is 0 Å². The first-order chi connectivity index (χ1) is 12.5. The molecule has 2 aromatic carbocycles. The summed E-state index contributed by atoms with van der Waals surface area (Å²) in [6.07, 6.45) is 4.15. The number of hydrogen-bond acceptors (Lipinski definition) is 3. The maximum atomic E-state index is 10.0. The summed E-state index contributed by atoms with van der Waals surface area (Å²) in [5.74, 6) is 2.08. The Morgan fingerprint density at radius 2 is 1.69 bits per heavy atom. The van der Waals surface area contributed by atoms with Gasteiger partial charge >= 0.3 is 0 Å². The second-order valence-electron chi connectivity index (χ2n) is 7.00. The van der Waals surface area contributed by atoms with Crippen LogP contribution in [0.5, 0.6) is 11.5 Å². The highest BCUT2D eigenvalue weighted by Gasteiger charge is 2.13. The van der Waals surface area contributed by atoms with E-state index in [0.29, 0.717) is 6.61 Å². The van der Waals surface area contributed by atoms with Gasteiger partial charge in [0.05, 0.1) is 0 Å². The fraction of sp³-hybridized carbons (Fsp3) is 0.391. The molecule has 3 heteroatoms. The van der Waals surface area contributed by atoms with Crippen LogP contribution in [0.1, 0.15) is 54.7 Å². The number of ether oxygens (including phenoxy) is 1. The van der Waals surface area contributed by atoms with Crippen molar-refractivity contribution in [1.82, 2.24) is 0 Å². The average molecular weight is 352 g/mol. The fourth-order valence-electron chi connectivity index (χ4n) is 3.44. The molecule has 1 N–H and O–H groups in total. The molecule has 0 saturated heterocycles. The molecule has 0 unspecified atom stereocenters. The van der Waals surface area contributed by atoms with Crippen molar-refractivity contribution in [3.05, 3.63) is 58.3 Å². The molecule has 3 rings (SSSR count). The molecule has 138 valence electrons. The van der Waals surface area contributed by atoms with Crippen LogP contribution in [0.3, 0.4) is 0 Å². The number of aryl methyl sites for hydroxylation is 2. The summed E-state index contributed by atoms with van der Waals surface area (Å²) in [4.78, 5) is 0. The lowest BCUT2D eigenvalue weighted by Crippen LogP contribution is -2.00. The summed E-state index contributed by atoms with van der Waals surface area (Å²) in [6.45, 7) is 8.96. The zero-order chi connectivity index (χ0) is 18.7. The first-order valence-electron chi connectivity index (χ1n) is 9.49. The Kier molecular flexibility index (Phi) is 5.55. The molecule has 0 amide bonds. The van der Waals surface area contributed by atoms with Gasteiger partial charge in [0.15, 0.2) is 0 Å². The van der Waals surface area contributed by atoms with Gasteiger partial charge in [0, 0.05) is 17.4 Å². The molecule has 0 bridgehead atoms. The Morgan fingerprint density at radius 3 is 2.42 bits per heavy atom. The second kappa shape index (κ2) is 7.86. The molecule has 3 aromatic rings. The molecule has 0 aliphatic heterocycles. The third kappa shape index (κ3) is 3.72. The fourth-order valence-corrected chi connectivity index (χ4v) is 3.44. The van der Waals surface area contributed by atoms with E-state index in [1.807, 2.05) is 6.07 Å². The lowest BCUT2D eigenvalue weighted by atomic mass is 9.99. The van der Waals surface area contributed by atoms with Crippen molar-refractivity contribution < 1.29 is 14.3 Å². The Labute approximate surface area is 155 Å². The Balaban J connectivity index is 1.87. The maximum Gasteiger partial charge on any atom is 0.141 e. The van der Waals surface area contributed by atoms with Crippen LogP contribution >= 0.6 is 0 Å². The minimum absolute atomic E-state index is 0.242. The Hall–Kier alpha value is -2.42. The van der Waals surface area contributed by atoms with Crippen molar-refractivity contribution in [2.45, 2.75) is 60.0 Å². The van der Waals surface area contributed by atoms with Crippen LogP contribution in [0.15, 0.2) is 34.7 Å². The van der Waals surface area contributed by atoms with Gasteiger partial charge in [-0.15, -0.1) is 0 Å². The summed E-state index contributed by atoms with van der Waals surface area (Å²) in [7, 11) is 0. The molecule has 0 atom stereocenters. The largest absolute Gasteiger partial charge is 0.508 e. The van der Waals surface area contributed by atoms with E-state index in [2.05, 4.69) is 39.8 Å². The maximum absolute atomic E-state index is 10.0. The van der Waals surface area contributed by atoms with Crippen LogP contribution in [0.25, 0.3) is 11.0 Å². The van der Waals surface area contributed by atoms with E-state index in [1.54, 1.807) is 12.1 Å². The number of fused-ring (bicyclic) bond motifs is 1. The summed E-state index contributed by atoms with van der Waals surface area (Å²) < 4.78 is 12.1. The SMILES string of the molecule is CCCc1cc2cc(O)cc(COc3ccc(CCC)c(C)c3C)c2o1. The van der Waals surface area contributed by atoms with Gasteiger partial charge in [-0.25, -0.2) is 0 Å². The summed E-state index contributed by atoms with van der Waals surface area (Å²) in [6, 6.07) is 9.70. The number of furan rings is 1. The highest BCUT2D eigenvalue weighted by atomic mass is 16.5. The Bertz CT molecular complexity index is 905. The minimum Gasteiger partial charge on any atom is -0.508 e. The highest BCUT2D eigenvalue weighted by Crippen LogP contribution is 2.31. The van der Waals surface area contributed by atoms with Gasteiger partial charge in [-0.1, -0.05) is 26.3 Å². The van der Waals surface area contributed by atoms with Crippen LogP contribution in [-0.4, -0.2) is 5.11 Å². The number of phenolic OH excluding ortho intramolecular Hbond substituents is 1. The van der Waals surface area contributed by atoms with E-state index in [9.17, 15) is 5.11 Å². The number of aromatic hydroxyl groups is 1. The zero-order valence-electron chi connectivity index (χ0n) is 16.2. The zero-order valence-corrected chi connectivity index (χ0v) is 16.2. The molecule has 3 nitrogen and oxygen atoms in total. The first-order valence-corrected chi connectivity index (χ1v) is 9.49. The molecule has 0 radical (unpaired) electrons. The van der Waals surface area contributed by atoms with E-state index in [1.165, 1.54) is 16.7 Å². The van der Waals surface area contributed by atoms with Gasteiger partial charge in [0.25, 0.3) is 0 Å². The number of rotatable bonds is 7. The third-order valence-electron chi connectivity index (χ3n) is 4.98. The van der Waals surface area contributed by atoms with Gasteiger partial charge < -0.3 is 14.3 Å². The molecule has 1 heterocycles. The smallest absolute Gasteiger partial charge is 0.141 e. The monoisotopic (exact) mass is 352 g/mol. The third-order valence-corrected chi connectivity index (χ3v) is 4.98. The van der Waals surface area contributed by atoms with E-state index >= 15 is 0 Å². The molecule has 0 spiro atoms. The standard InChI is InChI=1S/C23H28O3/c1-5-7-17-9-10-22(16(4)15(17)3)25-14-19-12-20(24)11-18-13-21(8-6-2)26-23(18)19/h9-13,24H,5-8,14H2,1-4H3. The van der Waals surface area contributed by atoms with Crippen LogP contribution in [-0.2, 0) is 19.4 Å². The van der Waals surface area contributed by atoms with Crippen molar-refractivity contribution in [3.63, 3.8) is 0 Å². The number of phenols is 1. The average Bonchev–Trinajstić information content (AvgIpc) is 3.01. The van der Waals surface area contributed by atoms with E-state index in [0.717, 1.165) is 53.7 Å². The molecule has 0 aliphatic carbocycles. The van der Waals surface area contributed by atoms with Crippen LogP contribution in [0, 0.1) is 13.8 Å². The van der Waals surface area contributed by atoms with Crippen LogP contribution in [0.4, 0.5) is 0 Å². The first kappa shape index (κ1) is 18.4. The Morgan fingerprint density at radius 1 is 0.923 bits per heavy atom. The molecular formula is C23H28O3.